The van der Waals surface area contributed by atoms with E-state index in [-0.39, 0.29) is 0 Å². The fraction of sp³-hybridized carbons (Fsp3) is 0.375. The maximum Gasteiger partial charge on any atom is 0.211 e. The molecule has 1 aromatic carbocycles. The topological polar surface area (TPSA) is 76.3 Å². The molecule has 0 spiro atoms. The van der Waals surface area contributed by atoms with Gasteiger partial charge in [0.05, 0.1) is 0 Å². The molecule has 0 bridgehead atoms. The number of pyridine rings is 1. The molecule has 6 nitrogen and oxygen atoms in total. The summed E-state index contributed by atoms with van der Waals surface area (Å²) in [6.45, 7) is 7.31. The lowest BCUT2D eigenvalue weighted by molar-refractivity contribution is 0.432. The normalized spacial score (nSPS) is 16.2. The minimum absolute atomic E-state index is 0.481. The van der Waals surface area contributed by atoms with E-state index in [0.717, 1.165) is 49.8 Å². The third kappa shape index (κ3) is 6.63. The molecular formula is C24H30N6. The van der Waals surface area contributed by atoms with Gasteiger partial charge in [-0.3, -0.25) is 4.98 Å². The summed E-state index contributed by atoms with van der Waals surface area (Å²) in [4.78, 5) is 10.2. The van der Waals surface area contributed by atoms with Crippen molar-refractivity contribution in [2.45, 2.75) is 32.1 Å². The molecule has 1 unspecified atom stereocenters. The first-order chi connectivity index (χ1) is 14.8. The van der Waals surface area contributed by atoms with E-state index in [0.29, 0.717) is 5.96 Å². The largest absolute Gasteiger partial charge is 0.371 e. The lowest BCUT2D eigenvalue weighted by atomic mass is 10.0. The monoisotopic (exact) mass is 402 g/mol. The van der Waals surface area contributed by atoms with Gasteiger partial charge in [-0.15, -0.1) is 4.99 Å². The van der Waals surface area contributed by atoms with Crippen LogP contribution < -0.4 is 10.6 Å². The van der Waals surface area contributed by atoms with E-state index in [4.69, 9.17) is 5.26 Å². The second kappa shape index (κ2) is 11.6. The molecule has 2 aromatic rings. The van der Waals surface area contributed by atoms with Gasteiger partial charge in [0.1, 0.15) is 0 Å². The lowest BCUT2D eigenvalue weighted by Crippen LogP contribution is -2.31. The molecule has 1 saturated heterocycles. The number of hydrogen-bond acceptors (Lipinski definition) is 4. The Labute approximate surface area is 179 Å². The van der Waals surface area contributed by atoms with Gasteiger partial charge in [0.15, 0.2) is 0 Å². The summed E-state index contributed by atoms with van der Waals surface area (Å²) in [5.41, 5.74) is 3.22. The highest BCUT2D eigenvalue weighted by molar-refractivity contribution is 5.94. The van der Waals surface area contributed by atoms with Gasteiger partial charge < -0.3 is 15.5 Å². The number of unbranched alkanes of at least 4 members (excludes halogenated alkanes) is 2. The fourth-order valence-electron chi connectivity index (χ4n) is 3.80. The molecule has 3 rings (SSSR count). The number of likely N-dealkylation sites (tertiary alicyclic amines) is 1. The Morgan fingerprint density at radius 2 is 1.97 bits per heavy atom. The van der Waals surface area contributed by atoms with E-state index in [1.807, 2.05) is 24.4 Å². The van der Waals surface area contributed by atoms with E-state index in [9.17, 15) is 0 Å². The molecule has 0 saturated carbocycles. The Hall–Kier alpha value is -3.33. The number of nitriles is 1. The maximum atomic E-state index is 8.87. The number of aliphatic imine (C=N–C) groups is 1. The maximum absolute atomic E-state index is 8.87. The van der Waals surface area contributed by atoms with E-state index >= 15 is 0 Å². The predicted molar refractivity (Wildman–Crippen MR) is 123 cm³/mol. The Balaban J connectivity index is 1.30. The molecule has 0 aliphatic carbocycles. The van der Waals surface area contributed by atoms with Gasteiger partial charge in [0, 0.05) is 43.4 Å². The quantitative estimate of drug-likeness (QED) is 0.280. The van der Waals surface area contributed by atoms with Gasteiger partial charge in [-0.25, -0.2) is 0 Å². The van der Waals surface area contributed by atoms with Crippen molar-refractivity contribution in [3.8, 4) is 6.19 Å². The minimum Gasteiger partial charge on any atom is -0.371 e. The molecule has 1 atom stereocenters. The average Bonchev–Trinajstić information content (AvgIpc) is 3.26. The van der Waals surface area contributed by atoms with Gasteiger partial charge in [0.25, 0.3) is 0 Å². The summed E-state index contributed by atoms with van der Waals surface area (Å²) in [5, 5.41) is 15.2. The van der Waals surface area contributed by atoms with Crippen LogP contribution in [0.15, 0.2) is 66.4 Å². The highest BCUT2D eigenvalue weighted by Gasteiger charge is 2.23. The number of rotatable bonds is 9. The van der Waals surface area contributed by atoms with Crippen molar-refractivity contribution in [1.29, 1.82) is 5.26 Å². The number of hydrogen-bond donors (Lipinski definition) is 2. The number of nitrogens with zero attached hydrogens (tertiary/aromatic N) is 4. The van der Waals surface area contributed by atoms with Crippen molar-refractivity contribution in [3.63, 3.8) is 0 Å². The fourth-order valence-corrected chi connectivity index (χ4v) is 3.80. The van der Waals surface area contributed by atoms with Crippen LogP contribution in [0, 0.1) is 17.4 Å². The third-order valence-electron chi connectivity index (χ3n) is 5.46. The Kier molecular flexibility index (Phi) is 8.28. The molecule has 156 valence electrons. The Bertz CT molecular complexity index is 856. The Morgan fingerprint density at radius 3 is 2.73 bits per heavy atom. The summed E-state index contributed by atoms with van der Waals surface area (Å²) in [6.07, 6.45) is 11.2. The minimum atomic E-state index is 0.481. The number of nitrogens with one attached hydrogen (secondary N) is 2. The van der Waals surface area contributed by atoms with Crippen LogP contribution in [0.1, 0.15) is 37.7 Å². The molecule has 2 heterocycles. The molecule has 1 aromatic heterocycles. The molecule has 1 aliphatic heterocycles. The number of aromatic nitrogens is 1. The Morgan fingerprint density at radius 1 is 1.17 bits per heavy atom. The summed E-state index contributed by atoms with van der Waals surface area (Å²) in [5.74, 6) is 1.23. The first kappa shape index (κ1) is 21.4. The predicted octanol–water partition coefficient (Wildman–Crippen LogP) is 4.47. The van der Waals surface area contributed by atoms with Crippen molar-refractivity contribution in [1.82, 2.24) is 15.2 Å². The van der Waals surface area contributed by atoms with Gasteiger partial charge in [-0.05, 0) is 42.9 Å². The zero-order valence-electron chi connectivity index (χ0n) is 17.4. The first-order valence-corrected chi connectivity index (χ1v) is 10.6. The second-order valence-corrected chi connectivity index (χ2v) is 7.61. The van der Waals surface area contributed by atoms with Gasteiger partial charge >= 0.3 is 0 Å². The van der Waals surface area contributed by atoms with Crippen molar-refractivity contribution in [2.75, 3.05) is 25.0 Å². The van der Waals surface area contributed by atoms with E-state index in [2.05, 4.69) is 56.4 Å². The smallest absolute Gasteiger partial charge is 0.211 e. The summed E-state index contributed by atoms with van der Waals surface area (Å²) < 4.78 is 0. The van der Waals surface area contributed by atoms with Crippen LogP contribution in [0.2, 0.25) is 0 Å². The van der Waals surface area contributed by atoms with Crippen LogP contribution in [0.3, 0.4) is 0 Å². The number of guanidine groups is 1. The SMILES string of the molecule is C=C(c1ccccc1)N1CCC(CCCCCN/C(=N/C#N)Nc2ccncc2)C1. The van der Waals surface area contributed by atoms with Gasteiger partial charge in [-0.2, -0.15) is 5.26 Å². The van der Waals surface area contributed by atoms with Crippen molar-refractivity contribution in [2.24, 2.45) is 10.9 Å². The van der Waals surface area contributed by atoms with E-state index in [1.165, 1.54) is 24.8 Å². The summed E-state index contributed by atoms with van der Waals surface area (Å²) in [7, 11) is 0. The van der Waals surface area contributed by atoms with Crippen LogP contribution >= 0.6 is 0 Å². The van der Waals surface area contributed by atoms with Gasteiger partial charge in [-0.1, -0.05) is 49.8 Å². The molecule has 1 fully saturated rings. The first-order valence-electron chi connectivity index (χ1n) is 10.6. The highest BCUT2D eigenvalue weighted by atomic mass is 15.2. The van der Waals surface area contributed by atoms with Crippen LogP contribution in [-0.2, 0) is 0 Å². The molecule has 2 N–H and O–H groups in total. The van der Waals surface area contributed by atoms with E-state index < -0.39 is 0 Å². The number of anilines is 1. The van der Waals surface area contributed by atoms with Crippen LogP contribution in [0.5, 0.6) is 0 Å². The van der Waals surface area contributed by atoms with Crippen LogP contribution in [0.4, 0.5) is 5.69 Å². The van der Waals surface area contributed by atoms with Gasteiger partial charge in [0.2, 0.25) is 12.2 Å². The molecule has 6 heteroatoms. The molecule has 0 amide bonds. The zero-order chi connectivity index (χ0) is 21.0. The zero-order valence-corrected chi connectivity index (χ0v) is 17.4. The molecule has 0 radical (unpaired) electrons. The van der Waals surface area contributed by atoms with Crippen molar-refractivity contribution >= 4 is 17.3 Å². The van der Waals surface area contributed by atoms with E-state index in [1.54, 1.807) is 12.4 Å². The molecule has 30 heavy (non-hydrogen) atoms. The number of benzene rings is 1. The summed E-state index contributed by atoms with van der Waals surface area (Å²) >= 11 is 0. The molecular weight excluding hydrogens is 372 g/mol. The van der Waals surface area contributed by atoms with Crippen LogP contribution in [-0.4, -0.2) is 35.5 Å². The third-order valence-corrected chi connectivity index (χ3v) is 5.46. The lowest BCUT2D eigenvalue weighted by Gasteiger charge is -2.21. The standard InChI is InChI=1S/C24H30N6/c1-20(22-9-5-2-6-10-22)30-17-13-21(18-30)8-4-3-7-14-27-24(28-19-25)29-23-11-15-26-16-12-23/h2,5-6,9-12,15-16,21H,1,3-4,7-8,13-14,17-18H2,(H2,26,27,28,29). The second-order valence-electron chi connectivity index (χ2n) is 7.61. The summed E-state index contributed by atoms with van der Waals surface area (Å²) in [6, 6.07) is 14.1. The average molecular weight is 403 g/mol. The molecule has 1 aliphatic rings. The van der Waals surface area contributed by atoms with Crippen LogP contribution in [0.25, 0.3) is 5.70 Å². The van der Waals surface area contributed by atoms with Crippen molar-refractivity contribution < 1.29 is 0 Å². The van der Waals surface area contributed by atoms with Crippen molar-refractivity contribution in [3.05, 3.63) is 67.0 Å². The highest BCUT2D eigenvalue weighted by Crippen LogP contribution is 2.28.